The fourth-order valence-electron chi connectivity index (χ4n) is 2.19. The van der Waals surface area contributed by atoms with E-state index in [1.807, 2.05) is 4.90 Å². The highest BCUT2D eigenvalue weighted by Gasteiger charge is 2.36. The lowest BCUT2D eigenvalue weighted by atomic mass is 9.99. The summed E-state index contributed by atoms with van der Waals surface area (Å²) in [5.74, 6) is 0.708. The van der Waals surface area contributed by atoms with Gasteiger partial charge in [0.2, 0.25) is 5.91 Å². The minimum absolute atomic E-state index is 0.0295. The second-order valence-electron chi connectivity index (χ2n) is 5.47. The highest BCUT2D eigenvalue weighted by atomic mass is 16.2. The van der Waals surface area contributed by atoms with Gasteiger partial charge >= 0.3 is 0 Å². The van der Waals surface area contributed by atoms with Gasteiger partial charge < -0.3 is 9.80 Å². The first-order valence-electron chi connectivity index (χ1n) is 6.66. The zero-order valence-corrected chi connectivity index (χ0v) is 11.9. The molecular weight excluding hydrogens is 214 g/mol. The van der Waals surface area contributed by atoms with Gasteiger partial charge in [0.15, 0.2) is 0 Å². The van der Waals surface area contributed by atoms with Crippen LogP contribution in [0.5, 0.6) is 0 Å². The number of nitrogens with zero attached hydrogens (tertiary/aromatic N) is 2. The molecule has 1 saturated heterocycles. The Kier molecular flexibility index (Phi) is 5.40. The lowest BCUT2D eigenvalue weighted by Gasteiger charge is -2.25. The van der Waals surface area contributed by atoms with E-state index < -0.39 is 0 Å². The largest absolute Gasteiger partial charge is 0.326 e. The lowest BCUT2D eigenvalue weighted by Crippen LogP contribution is -2.40. The third-order valence-electron chi connectivity index (χ3n) is 3.77. The SMILES string of the molecule is CCC(C)C1NCN(C(C)CCN(C)C)C1=O. The van der Waals surface area contributed by atoms with Gasteiger partial charge in [-0.2, -0.15) is 0 Å². The Bertz CT molecular complexity index is 255. The molecule has 1 aliphatic rings. The van der Waals surface area contributed by atoms with Crippen molar-refractivity contribution in [3.63, 3.8) is 0 Å². The third-order valence-corrected chi connectivity index (χ3v) is 3.77. The number of amides is 1. The molecule has 0 spiro atoms. The standard InChI is InChI=1S/C13H27N3O/c1-6-10(2)12-13(17)16(9-14-12)11(3)7-8-15(4)5/h10-12,14H,6-9H2,1-5H3. The molecule has 0 aliphatic carbocycles. The molecule has 1 heterocycles. The highest BCUT2D eigenvalue weighted by molar-refractivity contribution is 5.84. The molecule has 3 unspecified atom stereocenters. The Morgan fingerprint density at radius 2 is 2.12 bits per heavy atom. The molecule has 0 aromatic carbocycles. The molecule has 0 aromatic heterocycles. The van der Waals surface area contributed by atoms with Gasteiger partial charge in [-0.15, -0.1) is 0 Å². The van der Waals surface area contributed by atoms with E-state index >= 15 is 0 Å². The van der Waals surface area contributed by atoms with E-state index in [9.17, 15) is 4.79 Å². The molecule has 4 heteroatoms. The smallest absolute Gasteiger partial charge is 0.241 e. The first kappa shape index (κ1) is 14.5. The van der Waals surface area contributed by atoms with Crippen LogP contribution < -0.4 is 5.32 Å². The summed E-state index contributed by atoms with van der Waals surface area (Å²) in [5.41, 5.74) is 0. The molecule has 1 amide bonds. The Labute approximate surface area is 105 Å². The van der Waals surface area contributed by atoms with Crippen LogP contribution in [0.4, 0.5) is 0 Å². The van der Waals surface area contributed by atoms with Crippen LogP contribution in [-0.4, -0.2) is 55.1 Å². The summed E-state index contributed by atoms with van der Waals surface area (Å²) < 4.78 is 0. The minimum Gasteiger partial charge on any atom is -0.326 e. The molecule has 17 heavy (non-hydrogen) atoms. The Hall–Kier alpha value is -0.610. The van der Waals surface area contributed by atoms with Crippen LogP contribution in [-0.2, 0) is 4.79 Å². The van der Waals surface area contributed by atoms with Gasteiger partial charge in [-0.1, -0.05) is 20.3 Å². The molecule has 100 valence electrons. The van der Waals surface area contributed by atoms with Crippen molar-refractivity contribution in [2.45, 2.75) is 45.7 Å². The minimum atomic E-state index is 0.0295. The predicted molar refractivity (Wildman–Crippen MR) is 70.7 cm³/mol. The lowest BCUT2D eigenvalue weighted by molar-refractivity contribution is -0.131. The van der Waals surface area contributed by atoms with Gasteiger partial charge in [0, 0.05) is 6.04 Å². The first-order chi connectivity index (χ1) is 7.97. The fourth-order valence-corrected chi connectivity index (χ4v) is 2.19. The number of hydrogen-bond donors (Lipinski definition) is 1. The van der Waals surface area contributed by atoms with Crippen molar-refractivity contribution in [3.8, 4) is 0 Å². The van der Waals surface area contributed by atoms with Crippen LogP contribution in [0.15, 0.2) is 0 Å². The molecular formula is C13H27N3O. The highest BCUT2D eigenvalue weighted by Crippen LogP contribution is 2.18. The van der Waals surface area contributed by atoms with Crippen LogP contribution in [0, 0.1) is 5.92 Å². The van der Waals surface area contributed by atoms with Crippen LogP contribution >= 0.6 is 0 Å². The number of rotatable bonds is 6. The van der Waals surface area contributed by atoms with Gasteiger partial charge in [-0.05, 0) is 39.9 Å². The van der Waals surface area contributed by atoms with E-state index in [-0.39, 0.29) is 11.9 Å². The molecule has 1 aliphatic heterocycles. The number of nitrogens with one attached hydrogen (secondary N) is 1. The van der Waals surface area contributed by atoms with E-state index in [1.54, 1.807) is 0 Å². The Morgan fingerprint density at radius 1 is 1.47 bits per heavy atom. The Balaban J connectivity index is 2.48. The number of hydrogen-bond acceptors (Lipinski definition) is 3. The predicted octanol–water partition coefficient (Wildman–Crippen LogP) is 1.13. The average molecular weight is 241 g/mol. The molecule has 1 fully saturated rings. The van der Waals surface area contributed by atoms with E-state index in [4.69, 9.17) is 0 Å². The maximum absolute atomic E-state index is 12.2. The van der Waals surface area contributed by atoms with Crippen molar-refractivity contribution >= 4 is 5.91 Å². The number of carbonyl (C=O) groups is 1. The second-order valence-corrected chi connectivity index (χ2v) is 5.47. The van der Waals surface area contributed by atoms with E-state index in [0.717, 1.165) is 19.4 Å². The summed E-state index contributed by atoms with van der Waals surface area (Å²) in [7, 11) is 4.14. The quantitative estimate of drug-likeness (QED) is 0.757. The van der Waals surface area contributed by atoms with E-state index in [2.05, 4.69) is 45.1 Å². The third kappa shape index (κ3) is 3.68. The van der Waals surface area contributed by atoms with E-state index in [1.165, 1.54) is 0 Å². The van der Waals surface area contributed by atoms with Crippen LogP contribution in [0.25, 0.3) is 0 Å². The summed E-state index contributed by atoms with van der Waals surface area (Å²) in [6, 6.07) is 0.355. The normalized spacial score (nSPS) is 24.5. The summed E-state index contributed by atoms with van der Waals surface area (Å²) in [5, 5.41) is 3.34. The topological polar surface area (TPSA) is 35.6 Å². The molecule has 1 rings (SSSR count). The fraction of sp³-hybridized carbons (Fsp3) is 0.923. The zero-order chi connectivity index (χ0) is 13.0. The van der Waals surface area contributed by atoms with Crippen molar-refractivity contribution < 1.29 is 4.79 Å². The average Bonchev–Trinajstić information content (AvgIpc) is 2.67. The van der Waals surface area contributed by atoms with Gasteiger partial charge in [-0.3, -0.25) is 10.1 Å². The molecule has 4 nitrogen and oxygen atoms in total. The van der Waals surface area contributed by atoms with Crippen molar-refractivity contribution in [3.05, 3.63) is 0 Å². The monoisotopic (exact) mass is 241 g/mol. The van der Waals surface area contributed by atoms with Crippen molar-refractivity contribution in [2.24, 2.45) is 5.92 Å². The maximum Gasteiger partial charge on any atom is 0.241 e. The van der Waals surface area contributed by atoms with Gasteiger partial charge in [0.25, 0.3) is 0 Å². The number of carbonyl (C=O) groups excluding carboxylic acids is 1. The summed E-state index contributed by atoms with van der Waals surface area (Å²) in [6.07, 6.45) is 2.08. The molecule has 0 bridgehead atoms. The molecule has 3 atom stereocenters. The van der Waals surface area contributed by atoms with Crippen molar-refractivity contribution in [2.75, 3.05) is 27.3 Å². The Morgan fingerprint density at radius 3 is 2.65 bits per heavy atom. The van der Waals surface area contributed by atoms with Crippen LogP contribution in [0.1, 0.15) is 33.6 Å². The first-order valence-corrected chi connectivity index (χ1v) is 6.66. The van der Waals surface area contributed by atoms with Crippen molar-refractivity contribution in [1.29, 1.82) is 0 Å². The maximum atomic E-state index is 12.2. The zero-order valence-electron chi connectivity index (χ0n) is 11.9. The second kappa shape index (κ2) is 6.36. The summed E-state index contributed by atoms with van der Waals surface area (Å²) >= 11 is 0. The molecule has 1 N–H and O–H groups in total. The summed E-state index contributed by atoms with van der Waals surface area (Å²) in [6.45, 7) is 8.16. The molecule has 0 aromatic rings. The van der Waals surface area contributed by atoms with Crippen LogP contribution in [0.3, 0.4) is 0 Å². The summed E-state index contributed by atoms with van der Waals surface area (Å²) in [4.78, 5) is 16.4. The van der Waals surface area contributed by atoms with Gasteiger partial charge in [0.05, 0.1) is 12.7 Å². The van der Waals surface area contributed by atoms with Gasteiger partial charge in [-0.25, -0.2) is 0 Å². The van der Waals surface area contributed by atoms with Gasteiger partial charge in [0.1, 0.15) is 0 Å². The molecule has 0 radical (unpaired) electrons. The molecule has 0 saturated carbocycles. The van der Waals surface area contributed by atoms with E-state index in [0.29, 0.717) is 18.6 Å². The van der Waals surface area contributed by atoms with Crippen molar-refractivity contribution in [1.82, 2.24) is 15.1 Å². The van der Waals surface area contributed by atoms with Crippen LogP contribution in [0.2, 0.25) is 0 Å².